The van der Waals surface area contributed by atoms with Crippen LogP contribution in [0.25, 0.3) is 5.65 Å². The summed E-state index contributed by atoms with van der Waals surface area (Å²) < 4.78 is 1.85. The van der Waals surface area contributed by atoms with Gasteiger partial charge in [0.25, 0.3) is 0 Å². The zero-order chi connectivity index (χ0) is 15.9. The van der Waals surface area contributed by atoms with Crippen LogP contribution >= 0.6 is 11.6 Å². The second-order valence-corrected chi connectivity index (χ2v) is 7.13. The lowest BCUT2D eigenvalue weighted by Crippen LogP contribution is -2.13. The molecule has 0 radical (unpaired) electrons. The summed E-state index contributed by atoms with van der Waals surface area (Å²) in [7, 11) is 4.13. The summed E-state index contributed by atoms with van der Waals surface area (Å²) in [6.45, 7) is 4.97. The van der Waals surface area contributed by atoms with Crippen LogP contribution in [0.2, 0.25) is 5.15 Å². The molecule has 0 bridgehead atoms. The van der Waals surface area contributed by atoms with Crippen LogP contribution in [-0.4, -0.2) is 33.6 Å². The number of halogens is 1. The molecule has 1 aliphatic carbocycles. The van der Waals surface area contributed by atoms with Gasteiger partial charge in [-0.05, 0) is 46.7 Å². The maximum Gasteiger partial charge on any atom is 0.161 e. The number of fused-ring (bicyclic) bond motifs is 1. The molecule has 0 atom stereocenters. The largest absolute Gasteiger partial charge is 0.305 e. The smallest absolute Gasteiger partial charge is 0.161 e. The molecule has 2 aromatic heterocycles. The highest BCUT2D eigenvalue weighted by atomic mass is 35.5. The zero-order valence-electron chi connectivity index (χ0n) is 14.0. The SMILES string of the molecule is Cc1nc2c(CN(C)C)c(C)nn2c(Cl)c1C1CCCCC1. The molecule has 120 valence electrons. The summed E-state index contributed by atoms with van der Waals surface area (Å²) in [4.78, 5) is 7.02. The molecular formula is C17H25ClN4. The first-order chi connectivity index (χ1) is 10.5. The molecule has 22 heavy (non-hydrogen) atoms. The molecule has 0 unspecified atom stereocenters. The van der Waals surface area contributed by atoms with Gasteiger partial charge in [0.2, 0.25) is 0 Å². The Balaban J connectivity index is 2.13. The summed E-state index contributed by atoms with van der Waals surface area (Å²) in [5.74, 6) is 0.542. The first-order valence-corrected chi connectivity index (χ1v) is 8.55. The lowest BCUT2D eigenvalue weighted by Gasteiger charge is -2.24. The Morgan fingerprint density at radius 1 is 1.14 bits per heavy atom. The fourth-order valence-corrected chi connectivity index (χ4v) is 4.05. The van der Waals surface area contributed by atoms with E-state index in [2.05, 4.69) is 31.0 Å². The lowest BCUT2D eigenvalue weighted by atomic mass is 9.84. The molecule has 3 rings (SSSR count). The molecular weight excluding hydrogens is 296 g/mol. The van der Waals surface area contributed by atoms with Crippen molar-refractivity contribution >= 4 is 17.2 Å². The fraction of sp³-hybridized carbons (Fsp3) is 0.647. The third kappa shape index (κ3) is 2.74. The van der Waals surface area contributed by atoms with E-state index in [9.17, 15) is 0 Å². The van der Waals surface area contributed by atoms with Crippen molar-refractivity contribution < 1.29 is 0 Å². The molecule has 0 amide bonds. The van der Waals surface area contributed by atoms with E-state index < -0.39 is 0 Å². The molecule has 1 saturated carbocycles. The third-order valence-electron chi connectivity index (χ3n) is 4.72. The fourth-order valence-electron chi connectivity index (χ4n) is 3.64. The van der Waals surface area contributed by atoms with Gasteiger partial charge >= 0.3 is 0 Å². The standard InChI is InChI=1S/C17H25ClN4/c1-11-14(10-21(3)4)17-19-12(2)15(16(18)22(17)20-11)13-8-6-5-7-9-13/h13H,5-10H2,1-4H3. The van der Waals surface area contributed by atoms with Gasteiger partial charge in [-0.15, -0.1) is 0 Å². The van der Waals surface area contributed by atoms with Crippen LogP contribution in [0.3, 0.4) is 0 Å². The van der Waals surface area contributed by atoms with Crippen LogP contribution < -0.4 is 0 Å². The minimum atomic E-state index is 0.542. The minimum absolute atomic E-state index is 0.542. The van der Waals surface area contributed by atoms with Crippen LogP contribution in [0.4, 0.5) is 0 Å². The monoisotopic (exact) mass is 320 g/mol. The Bertz CT molecular complexity index is 684. The molecule has 2 aromatic rings. The molecule has 0 N–H and O–H groups in total. The lowest BCUT2D eigenvalue weighted by molar-refractivity contribution is 0.402. The Kier molecular flexibility index (Phi) is 4.42. The Morgan fingerprint density at radius 2 is 1.82 bits per heavy atom. The summed E-state index contributed by atoms with van der Waals surface area (Å²) in [5.41, 5.74) is 5.39. The summed E-state index contributed by atoms with van der Waals surface area (Å²) >= 11 is 6.75. The van der Waals surface area contributed by atoms with Crippen molar-refractivity contribution in [2.75, 3.05) is 14.1 Å². The molecule has 5 heteroatoms. The highest BCUT2D eigenvalue weighted by Crippen LogP contribution is 2.38. The Labute approximate surface area is 137 Å². The molecule has 1 aliphatic rings. The van der Waals surface area contributed by atoms with Crippen LogP contribution in [0.5, 0.6) is 0 Å². The Morgan fingerprint density at radius 3 is 2.45 bits per heavy atom. The van der Waals surface area contributed by atoms with Crippen LogP contribution in [0.1, 0.15) is 60.5 Å². The van der Waals surface area contributed by atoms with E-state index in [1.54, 1.807) is 0 Å². The van der Waals surface area contributed by atoms with Gasteiger partial charge in [-0.25, -0.2) is 9.50 Å². The number of aromatic nitrogens is 3. The van der Waals surface area contributed by atoms with Crippen LogP contribution in [-0.2, 0) is 6.54 Å². The van der Waals surface area contributed by atoms with Gasteiger partial charge in [-0.3, -0.25) is 0 Å². The van der Waals surface area contributed by atoms with Crippen LogP contribution in [0.15, 0.2) is 0 Å². The minimum Gasteiger partial charge on any atom is -0.305 e. The maximum absolute atomic E-state index is 6.75. The van der Waals surface area contributed by atoms with E-state index in [0.29, 0.717) is 5.92 Å². The number of hydrogen-bond acceptors (Lipinski definition) is 3. The van der Waals surface area contributed by atoms with Crippen molar-refractivity contribution in [3.63, 3.8) is 0 Å². The highest BCUT2D eigenvalue weighted by Gasteiger charge is 2.24. The zero-order valence-corrected chi connectivity index (χ0v) is 14.7. The number of nitrogens with zero attached hydrogens (tertiary/aromatic N) is 4. The van der Waals surface area contributed by atoms with Gasteiger partial charge in [-0.2, -0.15) is 5.10 Å². The van der Waals surface area contributed by atoms with Crippen molar-refractivity contribution in [3.8, 4) is 0 Å². The van der Waals surface area contributed by atoms with E-state index >= 15 is 0 Å². The third-order valence-corrected chi connectivity index (χ3v) is 5.08. The summed E-state index contributed by atoms with van der Waals surface area (Å²) in [5, 5.41) is 5.42. The number of rotatable bonds is 3. The number of aryl methyl sites for hydroxylation is 2. The second-order valence-electron chi connectivity index (χ2n) is 6.77. The van der Waals surface area contributed by atoms with Crippen molar-refractivity contribution in [1.82, 2.24) is 19.5 Å². The van der Waals surface area contributed by atoms with E-state index in [4.69, 9.17) is 16.6 Å². The maximum atomic E-state index is 6.75. The highest BCUT2D eigenvalue weighted by molar-refractivity contribution is 6.30. The van der Waals surface area contributed by atoms with E-state index in [1.807, 2.05) is 11.4 Å². The molecule has 1 fully saturated rings. The van der Waals surface area contributed by atoms with Gasteiger partial charge < -0.3 is 4.90 Å². The molecule has 0 saturated heterocycles. The van der Waals surface area contributed by atoms with Crippen molar-refractivity contribution in [1.29, 1.82) is 0 Å². The van der Waals surface area contributed by atoms with Gasteiger partial charge in [0.15, 0.2) is 5.65 Å². The average Bonchev–Trinajstić information content (AvgIpc) is 2.77. The van der Waals surface area contributed by atoms with E-state index in [-0.39, 0.29) is 0 Å². The average molecular weight is 321 g/mol. The van der Waals surface area contributed by atoms with E-state index in [1.165, 1.54) is 43.2 Å². The first kappa shape index (κ1) is 15.8. The second kappa shape index (κ2) is 6.17. The quantitative estimate of drug-likeness (QED) is 0.798. The van der Waals surface area contributed by atoms with Gasteiger partial charge in [0.1, 0.15) is 5.15 Å². The molecule has 0 aromatic carbocycles. The summed E-state index contributed by atoms with van der Waals surface area (Å²) in [6.07, 6.45) is 6.37. The van der Waals surface area contributed by atoms with Crippen LogP contribution in [0, 0.1) is 13.8 Å². The van der Waals surface area contributed by atoms with E-state index in [0.717, 1.165) is 28.7 Å². The first-order valence-electron chi connectivity index (χ1n) is 8.18. The van der Waals surface area contributed by atoms with Crippen molar-refractivity contribution in [2.45, 2.75) is 58.4 Å². The van der Waals surface area contributed by atoms with Crippen molar-refractivity contribution in [3.05, 3.63) is 27.7 Å². The summed E-state index contributed by atoms with van der Waals surface area (Å²) in [6, 6.07) is 0. The Hall–Kier alpha value is -1.13. The molecule has 0 aliphatic heterocycles. The van der Waals surface area contributed by atoms with Crippen molar-refractivity contribution in [2.24, 2.45) is 0 Å². The van der Waals surface area contributed by atoms with Gasteiger partial charge in [0, 0.05) is 23.4 Å². The predicted octanol–water partition coefficient (Wildman–Crippen LogP) is 4.11. The molecule has 0 spiro atoms. The topological polar surface area (TPSA) is 33.4 Å². The molecule has 2 heterocycles. The van der Waals surface area contributed by atoms with Gasteiger partial charge in [0.05, 0.1) is 5.69 Å². The van der Waals surface area contributed by atoms with Gasteiger partial charge in [-0.1, -0.05) is 30.9 Å². The molecule has 4 nitrogen and oxygen atoms in total. The predicted molar refractivity (Wildman–Crippen MR) is 90.7 cm³/mol. The number of hydrogen-bond donors (Lipinski definition) is 0. The normalized spacial score (nSPS) is 16.8.